The van der Waals surface area contributed by atoms with Crippen LogP contribution in [-0.2, 0) is 24.7 Å². The maximum atomic E-state index is 5.72. The second-order valence-corrected chi connectivity index (χ2v) is 7.69. The van der Waals surface area contributed by atoms with Crippen molar-refractivity contribution < 1.29 is 4.52 Å². The van der Waals surface area contributed by atoms with Crippen molar-refractivity contribution in [2.75, 3.05) is 0 Å². The first-order valence-corrected chi connectivity index (χ1v) is 9.44. The minimum absolute atomic E-state index is 0.101. The zero-order chi connectivity index (χ0) is 18.3. The van der Waals surface area contributed by atoms with Crippen molar-refractivity contribution in [3.63, 3.8) is 0 Å². The molecular weight excluding hydrogens is 334 g/mol. The summed E-state index contributed by atoms with van der Waals surface area (Å²) in [6, 6.07) is 18.9. The van der Waals surface area contributed by atoms with Gasteiger partial charge in [-0.15, -0.1) is 0 Å². The molecule has 2 heterocycles. The maximum absolute atomic E-state index is 5.72. The zero-order valence-corrected chi connectivity index (χ0v) is 15.4. The maximum Gasteiger partial charge on any atom is 0.232 e. The van der Waals surface area contributed by atoms with E-state index in [0.717, 1.165) is 47.4 Å². The fraction of sp³-hybridized carbons (Fsp3) is 0.261. The molecule has 1 unspecified atom stereocenters. The van der Waals surface area contributed by atoms with Gasteiger partial charge in [-0.05, 0) is 42.0 Å². The molecule has 2 aromatic carbocycles. The highest BCUT2D eigenvalue weighted by molar-refractivity contribution is 5.81. The van der Waals surface area contributed by atoms with Crippen LogP contribution in [0, 0.1) is 0 Å². The van der Waals surface area contributed by atoms with Crippen molar-refractivity contribution in [2.45, 2.75) is 38.0 Å². The minimum Gasteiger partial charge on any atom is -0.339 e. The lowest BCUT2D eigenvalue weighted by Crippen LogP contribution is -2.30. The number of hydrogen-bond donors (Lipinski definition) is 0. The highest BCUT2D eigenvalue weighted by atomic mass is 16.5. The SMILES string of the molecule is CC1(c2nc(Cc3cccc4cccnc34)no2)CCc2ccccc2C1. The summed E-state index contributed by atoms with van der Waals surface area (Å²) in [6.45, 7) is 2.24. The molecule has 4 aromatic rings. The molecule has 0 bridgehead atoms. The molecule has 1 aliphatic rings. The Hall–Kier alpha value is -3.01. The fourth-order valence-corrected chi connectivity index (χ4v) is 4.13. The van der Waals surface area contributed by atoms with E-state index < -0.39 is 0 Å². The predicted molar refractivity (Wildman–Crippen MR) is 105 cm³/mol. The predicted octanol–water partition coefficient (Wildman–Crippen LogP) is 4.66. The molecule has 1 aliphatic carbocycles. The van der Waals surface area contributed by atoms with Gasteiger partial charge >= 0.3 is 0 Å². The summed E-state index contributed by atoms with van der Waals surface area (Å²) in [5, 5.41) is 5.41. The topological polar surface area (TPSA) is 51.8 Å². The van der Waals surface area contributed by atoms with Crippen molar-refractivity contribution in [3.8, 4) is 0 Å². The highest BCUT2D eigenvalue weighted by Crippen LogP contribution is 2.37. The molecule has 5 rings (SSSR count). The van der Waals surface area contributed by atoms with Crippen LogP contribution in [0.5, 0.6) is 0 Å². The number of nitrogens with zero attached hydrogens (tertiary/aromatic N) is 3. The zero-order valence-electron chi connectivity index (χ0n) is 15.4. The van der Waals surface area contributed by atoms with E-state index in [2.05, 4.69) is 65.6 Å². The molecule has 2 aromatic heterocycles. The van der Waals surface area contributed by atoms with Crippen LogP contribution in [0.1, 0.15) is 41.8 Å². The van der Waals surface area contributed by atoms with E-state index in [1.54, 1.807) is 0 Å². The molecule has 1 atom stereocenters. The number of aryl methyl sites for hydroxylation is 1. The van der Waals surface area contributed by atoms with Crippen LogP contribution in [0.3, 0.4) is 0 Å². The first-order valence-electron chi connectivity index (χ1n) is 9.44. The van der Waals surface area contributed by atoms with E-state index in [1.165, 1.54) is 11.1 Å². The van der Waals surface area contributed by atoms with Crippen LogP contribution in [0.4, 0.5) is 0 Å². The van der Waals surface area contributed by atoms with Crippen molar-refractivity contribution in [1.29, 1.82) is 0 Å². The number of para-hydroxylation sites is 1. The van der Waals surface area contributed by atoms with Gasteiger partial charge in [-0.3, -0.25) is 4.98 Å². The molecule has 0 N–H and O–H groups in total. The van der Waals surface area contributed by atoms with Crippen LogP contribution in [0.15, 0.2) is 65.3 Å². The average Bonchev–Trinajstić information content (AvgIpc) is 3.18. The molecule has 27 heavy (non-hydrogen) atoms. The molecule has 134 valence electrons. The second kappa shape index (κ2) is 6.31. The summed E-state index contributed by atoms with van der Waals surface area (Å²) < 4.78 is 5.72. The number of pyridine rings is 1. The lowest BCUT2D eigenvalue weighted by molar-refractivity contribution is 0.269. The number of rotatable bonds is 3. The summed E-state index contributed by atoms with van der Waals surface area (Å²) in [5.41, 5.74) is 4.86. The van der Waals surface area contributed by atoms with E-state index >= 15 is 0 Å². The first-order chi connectivity index (χ1) is 13.2. The lowest BCUT2D eigenvalue weighted by Gasteiger charge is -2.31. The Balaban J connectivity index is 1.43. The van der Waals surface area contributed by atoms with Crippen LogP contribution < -0.4 is 0 Å². The van der Waals surface area contributed by atoms with E-state index in [9.17, 15) is 0 Å². The van der Waals surface area contributed by atoms with Crippen LogP contribution in [0.2, 0.25) is 0 Å². The third-order valence-corrected chi connectivity index (χ3v) is 5.69. The van der Waals surface area contributed by atoms with E-state index in [1.807, 2.05) is 12.3 Å². The Morgan fingerprint density at radius 1 is 1.00 bits per heavy atom. The van der Waals surface area contributed by atoms with E-state index in [-0.39, 0.29) is 5.41 Å². The standard InChI is InChI=1S/C23H21N3O/c1-23(12-11-16-6-2-3-7-19(16)15-23)22-25-20(26-27-22)14-18-9-4-8-17-10-5-13-24-21(17)18/h2-10,13H,11-12,14-15H2,1H3. The molecule has 4 heteroatoms. The Bertz CT molecular complexity index is 1110. The first kappa shape index (κ1) is 16.2. The van der Waals surface area contributed by atoms with Crippen LogP contribution in [0.25, 0.3) is 10.9 Å². The third kappa shape index (κ3) is 2.91. The van der Waals surface area contributed by atoms with Gasteiger partial charge in [-0.25, -0.2) is 0 Å². The molecule has 0 saturated heterocycles. The quantitative estimate of drug-likeness (QED) is 0.536. The highest BCUT2D eigenvalue weighted by Gasteiger charge is 2.36. The lowest BCUT2D eigenvalue weighted by atomic mass is 9.73. The normalized spacial score (nSPS) is 19.1. The second-order valence-electron chi connectivity index (χ2n) is 7.69. The van der Waals surface area contributed by atoms with Gasteiger partial charge < -0.3 is 4.52 Å². The number of benzene rings is 2. The fourth-order valence-electron chi connectivity index (χ4n) is 4.13. The van der Waals surface area contributed by atoms with Crippen molar-refractivity contribution in [1.82, 2.24) is 15.1 Å². The van der Waals surface area contributed by atoms with Gasteiger partial charge in [0, 0.05) is 18.0 Å². The summed E-state index contributed by atoms with van der Waals surface area (Å²) in [4.78, 5) is 9.30. The van der Waals surface area contributed by atoms with Gasteiger partial charge in [0.2, 0.25) is 5.89 Å². The van der Waals surface area contributed by atoms with Gasteiger partial charge in [-0.1, -0.05) is 60.6 Å². The van der Waals surface area contributed by atoms with E-state index in [4.69, 9.17) is 9.51 Å². The van der Waals surface area contributed by atoms with Crippen molar-refractivity contribution in [3.05, 3.63) is 89.2 Å². The summed E-state index contributed by atoms with van der Waals surface area (Å²) in [7, 11) is 0. The summed E-state index contributed by atoms with van der Waals surface area (Å²) in [6.07, 6.45) is 5.48. The Morgan fingerprint density at radius 2 is 1.85 bits per heavy atom. The molecule has 0 amide bonds. The molecular formula is C23H21N3O. The van der Waals surface area contributed by atoms with Crippen molar-refractivity contribution >= 4 is 10.9 Å². The van der Waals surface area contributed by atoms with Crippen molar-refractivity contribution in [2.24, 2.45) is 0 Å². The van der Waals surface area contributed by atoms with Gasteiger partial charge in [0.15, 0.2) is 5.82 Å². The molecule has 4 nitrogen and oxygen atoms in total. The summed E-state index contributed by atoms with van der Waals surface area (Å²) >= 11 is 0. The van der Waals surface area contributed by atoms with E-state index in [0.29, 0.717) is 6.42 Å². The smallest absolute Gasteiger partial charge is 0.232 e. The monoisotopic (exact) mass is 355 g/mol. The molecule has 0 fully saturated rings. The number of fused-ring (bicyclic) bond motifs is 2. The summed E-state index contributed by atoms with van der Waals surface area (Å²) in [5.74, 6) is 1.48. The Labute approximate surface area is 158 Å². The third-order valence-electron chi connectivity index (χ3n) is 5.69. The molecule has 0 spiro atoms. The van der Waals surface area contributed by atoms with Gasteiger partial charge in [-0.2, -0.15) is 4.98 Å². The Morgan fingerprint density at radius 3 is 2.78 bits per heavy atom. The van der Waals surface area contributed by atoms with Gasteiger partial charge in [0.05, 0.1) is 10.9 Å². The van der Waals surface area contributed by atoms with Gasteiger partial charge in [0.1, 0.15) is 0 Å². The number of hydrogen-bond acceptors (Lipinski definition) is 4. The van der Waals surface area contributed by atoms with Gasteiger partial charge in [0.25, 0.3) is 0 Å². The largest absolute Gasteiger partial charge is 0.339 e. The minimum atomic E-state index is -0.101. The molecule has 0 saturated carbocycles. The molecule has 0 aliphatic heterocycles. The van der Waals surface area contributed by atoms with Crippen LogP contribution in [-0.4, -0.2) is 15.1 Å². The average molecular weight is 355 g/mol. The molecule has 0 radical (unpaired) electrons. The Kier molecular flexibility index (Phi) is 3.78. The van der Waals surface area contributed by atoms with Crippen LogP contribution >= 0.6 is 0 Å². The number of aromatic nitrogens is 3.